The molecule has 0 spiro atoms. The van der Waals surface area contributed by atoms with E-state index in [0.717, 1.165) is 6.42 Å². The van der Waals surface area contributed by atoms with Crippen LogP contribution in [0.4, 0.5) is 0 Å². The Labute approximate surface area is 118 Å². The number of hydrogen-bond donors (Lipinski definition) is 2. The lowest BCUT2D eigenvalue weighted by Crippen LogP contribution is -2.23. The van der Waals surface area contributed by atoms with Crippen molar-refractivity contribution in [3.63, 3.8) is 0 Å². The first-order valence-corrected chi connectivity index (χ1v) is 6.75. The van der Waals surface area contributed by atoms with E-state index in [1.807, 2.05) is 25.1 Å². The summed E-state index contributed by atoms with van der Waals surface area (Å²) in [4.78, 5) is 10.8. The van der Waals surface area contributed by atoms with Crippen molar-refractivity contribution in [2.45, 2.75) is 32.4 Å². The monoisotopic (exact) mass is 273 g/mol. The van der Waals surface area contributed by atoms with E-state index in [2.05, 4.69) is 24.4 Å². The third-order valence-electron chi connectivity index (χ3n) is 3.33. The number of carboxylic acid groups (broad SMARTS) is 1. The summed E-state index contributed by atoms with van der Waals surface area (Å²) in [7, 11) is 0. The van der Waals surface area contributed by atoms with Crippen molar-refractivity contribution in [1.82, 2.24) is 5.32 Å². The molecule has 4 nitrogen and oxygen atoms in total. The molecule has 2 N–H and O–H groups in total. The summed E-state index contributed by atoms with van der Waals surface area (Å²) in [5, 5.41) is 12.3. The van der Waals surface area contributed by atoms with Crippen LogP contribution >= 0.6 is 0 Å². The maximum atomic E-state index is 10.8. The first-order valence-electron chi connectivity index (χ1n) is 6.75. The Hall–Kier alpha value is -2.07. The van der Waals surface area contributed by atoms with Gasteiger partial charge >= 0.3 is 5.97 Å². The van der Waals surface area contributed by atoms with E-state index < -0.39 is 5.97 Å². The molecule has 106 valence electrons. The third-order valence-corrected chi connectivity index (χ3v) is 3.33. The molecule has 0 saturated heterocycles. The van der Waals surface area contributed by atoms with Gasteiger partial charge in [-0.05, 0) is 31.0 Å². The van der Waals surface area contributed by atoms with Crippen LogP contribution in [0.1, 0.15) is 54.2 Å². The first kappa shape index (κ1) is 14.3. The lowest BCUT2D eigenvalue weighted by atomic mass is 10.0. The Morgan fingerprint density at radius 3 is 2.50 bits per heavy atom. The van der Waals surface area contributed by atoms with Gasteiger partial charge in [-0.25, -0.2) is 4.79 Å². The number of aromatic carboxylic acids is 1. The largest absolute Gasteiger partial charge is 0.475 e. The quantitative estimate of drug-likeness (QED) is 0.840. The Kier molecular flexibility index (Phi) is 4.58. The normalized spacial score (nSPS) is 13.9. The molecule has 0 aliphatic heterocycles. The summed E-state index contributed by atoms with van der Waals surface area (Å²) in [5.74, 6) is -0.434. The topological polar surface area (TPSA) is 62.5 Å². The van der Waals surface area contributed by atoms with Gasteiger partial charge in [0.2, 0.25) is 5.76 Å². The van der Waals surface area contributed by atoms with E-state index in [9.17, 15) is 4.79 Å². The molecule has 2 aromatic rings. The smallest absolute Gasteiger partial charge is 0.371 e. The number of rotatable bonds is 6. The van der Waals surface area contributed by atoms with Crippen LogP contribution in [-0.2, 0) is 0 Å². The van der Waals surface area contributed by atoms with Crippen LogP contribution in [0.25, 0.3) is 0 Å². The van der Waals surface area contributed by atoms with Crippen LogP contribution in [0.2, 0.25) is 0 Å². The van der Waals surface area contributed by atoms with Gasteiger partial charge in [0, 0.05) is 6.04 Å². The molecule has 2 unspecified atom stereocenters. The second kappa shape index (κ2) is 6.39. The molecule has 0 bridgehead atoms. The molecular formula is C16H19NO3. The fourth-order valence-electron chi connectivity index (χ4n) is 2.22. The second-order valence-electron chi connectivity index (χ2n) is 4.77. The van der Waals surface area contributed by atoms with Crippen LogP contribution in [0.5, 0.6) is 0 Å². The van der Waals surface area contributed by atoms with Gasteiger partial charge in [0.15, 0.2) is 0 Å². The van der Waals surface area contributed by atoms with Crippen molar-refractivity contribution >= 4 is 5.97 Å². The SMILES string of the molecule is CCC(NC(C)c1ccc(C(=O)O)o1)c1ccccc1. The molecule has 1 aromatic carbocycles. The second-order valence-corrected chi connectivity index (χ2v) is 4.77. The van der Waals surface area contributed by atoms with Gasteiger partial charge in [0.05, 0.1) is 6.04 Å². The van der Waals surface area contributed by atoms with Crippen LogP contribution < -0.4 is 5.32 Å². The van der Waals surface area contributed by atoms with Crippen LogP contribution in [0.15, 0.2) is 46.9 Å². The van der Waals surface area contributed by atoms with Gasteiger partial charge in [-0.15, -0.1) is 0 Å². The Bertz CT molecular complexity index is 562. The fourth-order valence-corrected chi connectivity index (χ4v) is 2.22. The zero-order valence-corrected chi connectivity index (χ0v) is 11.7. The van der Waals surface area contributed by atoms with Gasteiger partial charge in [-0.2, -0.15) is 0 Å². The zero-order valence-electron chi connectivity index (χ0n) is 11.7. The third kappa shape index (κ3) is 3.27. The van der Waals surface area contributed by atoms with Crippen molar-refractivity contribution in [1.29, 1.82) is 0 Å². The van der Waals surface area contributed by atoms with E-state index in [1.165, 1.54) is 11.6 Å². The highest BCUT2D eigenvalue weighted by Crippen LogP contribution is 2.23. The highest BCUT2D eigenvalue weighted by atomic mass is 16.4. The summed E-state index contributed by atoms with van der Waals surface area (Å²) < 4.78 is 5.33. The van der Waals surface area contributed by atoms with Gasteiger partial charge < -0.3 is 14.8 Å². The fraction of sp³-hybridized carbons (Fsp3) is 0.312. The minimum Gasteiger partial charge on any atom is -0.475 e. The molecule has 4 heteroatoms. The summed E-state index contributed by atoms with van der Waals surface area (Å²) in [5.41, 5.74) is 1.21. The van der Waals surface area contributed by atoms with Gasteiger partial charge in [-0.3, -0.25) is 0 Å². The number of hydrogen-bond acceptors (Lipinski definition) is 3. The van der Waals surface area contributed by atoms with E-state index in [0.29, 0.717) is 5.76 Å². The van der Waals surface area contributed by atoms with Gasteiger partial charge in [0.25, 0.3) is 0 Å². The van der Waals surface area contributed by atoms with E-state index in [-0.39, 0.29) is 17.8 Å². The summed E-state index contributed by atoms with van der Waals surface area (Å²) in [6, 6.07) is 13.5. The van der Waals surface area contributed by atoms with Crippen molar-refractivity contribution < 1.29 is 14.3 Å². The van der Waals surface area contributed by atoms with Crippen molar-refractivity contribution in [2.24, 2.45) is 0 Å². The maximum absolute atomic E-state index is 10.8. The predicted octanol–water partition coefficient (Wildman–Crippen LogP) is 3.78. The van der Waals surface area contributed by atoms with Gasteiger partial charge in [0.1, 0.15) is 5.76 Å². The zero-order chi connectivity index (χ0) is 14.5. The van der Waals surface area contributed by atoms with E-state index in [4.69, 9.17) is 9.52 Å². The lowest BCUT2D eigenvalue weighted by Gasteiger charge is -2.21. The van der Waals surface area contributed by atoms with Crippen LogP contribution in [0, 0.1) is 0 Å². The van der Waals surface area contributed by atoms with Gasteiger partial charge in [-0.1, -0.05) is 37.3 Å². The highest BCUT2D eigenvalue weighted by Gasteiger charge is 2.17. The minimum absolute atomic E-state index is 0.0265. The molecule has 0 amide bonds. The first-order chi connectivity index (χ1) is 9.61. The molecule has 1 heterocycles. The molecule has 20 heavy (non-hydrogen) atoms. The molecule has 2 rings (SSSR count). The minimum atomic E-state index is -1.04. The van der Waals surface area contributed by atoms with Crippen molar-refractivity contribution in [3.8, 4) is 0 Å². The molecule has 0 aliphatic rings. The number of carboxylic acids is 1. The van der Waals surface area contributed by atoms with Crippen LogP contribution in [0.3, 0.4) is 0 Å². The van der Waals surface area contributed by atoms with Crippen molar-refractivity contribution in [2.75, 3.05) is 0 Å². The van der Waals surface area contributed by atoms with E-state index >= 15 is 0 Å². The molecule has 0 aliphatic carbocycles. The summed E-state index contributed by atoms with van der Waals surface area (Å²) in [6.45, 7) is 4.08. The maximum Gasteiger partial charge on any atom is 0.371 e. The molecular weight excluding hydrogens is 254 g/mol. The number of furan rings is 1. The number of benzene rings is 1. The Balaban J connectivity index is 2.09. The van der Waals surface area contributed by atoms with Crippen LogP contribution in [-0.4, -0.2) is 11.1 Å². The Morgan fingerprint density at radius 1 is 1.25 bits per heavy atom. The summed E-state index contributed by atoms with van der Waals surface area (Å²) >= 11 is 0. The van der Waals surface area contributed by atoms with Crippen molar-refractivity contribution in [3.05, 3.63) is 59.5 Å². The average Bonchev–Trinajstić information content (AvgIpc) is 2.95. The van der Waals surface area contributed by atoms with E-state index in [1.54, 1.807) is 6.07 Å². The molecule has 0 radical (unpaired) electrons. The molecule has 2 atom stereocenters. The molecule has 1 aromatic heterocycles. The number of carbonyl (C=O) groups is 1. The Morgan fingerprint density at radius 2 is 1.95 bits per heavy atom. The number of nitrogens with one attached hydrogen (secondary N) is 1. The predicted molar refractivity (Wildman–Crippen MR) is 76.7 cm³/mol. The molecule has 0 fully saturated rings. The lowest BCUT2D eigenvalue weighted by molar-refractivity contribution is 0.0659. The standard InChI is InChI=1S/C16H19NO3/c1-3-13(12-7-5-4-6-8-12)17-11(2)14-9-10-15(20-14)16(18)19/h4-11,13,17H,3H2,1-2H3,(H,18,19). The molecule has 0 saturated carbocycles. The average molecular weight is 273 g/mol. The highest BCUT2D eigenvalue weighted by molar-refractivity contribution is 5.84. The summed E-state index contributed by atoms with van der Waals surface area (Å²) in [6.07, 6.45) is 0.945.